The SMILES string of the molecule is O=C(NNC(=O)c1cc2c(nc3sccn32)s1)c1cc2c(s1)CCCCC2. The molecule has 27 heavy (non-hydrogen) atoms. The number of carbonyl (C=O) groups is 2. The van der Waals surface area contributed by atoms with Crippen molar-refractivity contribution in [1.82, 2.24) is 20.2 Å². The Morgan fingerprint density at radius 3 is 2.63 bits per heavy atom. The standard InChI is InChI=1S/C18H16N4O2S3/c23-15(13-8-10-4-2-1-3-5-12(10)26-13)20-21-16(24)14-9-11-17(27-14)19-18-22(11)6-7-25-18/h6-9H,1-5H2,(H,20,23)(H,21,24). The summed E-state index contributed by atoms with van der Waals surface area (Å²) in [4.78, 5) is 33.6. The van der Waals surface area contributed by atoms with E-state index in [9.17, 15) is 9.59 Å². The van der Waals surface area contributed by atoms with Crippen LogP contribution in [-0.4, -0.2) is 21.2 Å². The number of hydrogen-bond acceptors (Lipinski definition) is 6. The molecule has 4 aromatic heterocycles. The van der Waals surface area contributed by atoms with Crippen LogP contribution in [0.4, 0.5) is 0 Å². The van der Waals surface area contributed by atoms with Gasteiger partial charge in [0.25, 0.3) is 11.8 Å². The highest BCUT2D eigenvalue weighted by atomic mass is 32.1. The second-order valence-electron chi connectivity index (χ2n) is 6.50. The lowest BCUT2D eigenvalue weighted by atomic mass is 10.1. The van der Waals surface area contributed by atoms with Crippen LogP contribution in [0, 0.1) is 0 Å². The molecule has 1 aliphatic rings. The highest BCUT2D eigenvalue weighted by Gasteiger charge is 2.18. The number of imidazole rings is 1. The maximum atomic E-state index is 12.4. The Hall–Kier alpha value is -2.23. The Morgan fingerprint density at radius 1 is 1.00 bits per heavy atom. The fraction of sp³-hybridized carbons (Fsp3) is 0.278. The smallest absolute Gasteiger partial charge is 0.279 e. The molecule has 0 saturated heterocycles. The van der Waals surface area contributed by atoms with Gasteiger partial charge in [-0.2, -0.15) is 0 Å². The zero-order valence-corrected chi connectivity index (χ0v) is 16.7. The largest absolute Gasteiger partial charge is 0.289 e. The Morgan fingerprint density at radius 2 is 1.78 bits per heavy atom. The molecule has 0 unspecified atom stereocenters. The fourth-order valence-corrected chi connectivity index (χ4v) is 6.22. The van der Waals surface area contributed by atoms with Crippen molar-refractivity contribution in [3.05, 3.63) is 43.9 Å². The van der Waals surface area contributed by atoms with Gasteiger partial charge in [0.2, 0.25) is 0 Å². The van der Waals surface area contributed by atoms with Gasteiger partial charge in [0.1, 0.15) is 4.83 Å². The van der Waals surface area contributed by atoms with Gasteiger partial charge >= 0.3 is 0 Å². The van der Waals surface area contributed by atoms with Gasteiger partial charge in [-0.25, -0.2) is 4.98 Å². The molecule has 0 radical (unpaired) electrons. The molecular formula is C18H16N4O2S3. The molecule has 0 aromatic carbocycles. The first-order valence-corrected chi connectivity index (χ1v) is 11.3. The lowest BCUT2D eigenvalue weighted by Crippen LogP contribution is -2.41. The molecule has 2 N–H and O–H groups in total. The van der Waals surface area contributed by atoms with Gasteiger partial charge in [-0.1, -0.05) is 6.42 Å². The molecule has 138 valence electrons. The van der Waals surface area contributed by atoms with E-state index in [-0.39, 0.29) is 11.8 Å². The number of nitrogens with one attached hydrogen (secondary N) is 2. The van der Waals surface area contributed by atoms with Crippen LogP contribution in [0.25, 0.3) is 15.3 Å². The lowest BCUT2D eigenvalue weighted by Gasteiger charge is -2.04. The number of thiophene rings is 2. The van der Waals surface area contributed by atoms with Crippen molar-refractivity contribution < 1.29 is 9.59 Å². The average Bonchev–Trinajstić information content (AvgIpc) is 3.39. The maximum Gasteiger partial charge on any atom is 0.279 e. The number of rotatable bonds is 2. The summed E-state index contributed by atoms with van der Waals surface area (Å²) < 4.78 is 1.96. The number of thiazole rings is 1. The average molecular weight is 417 g/mol. The van der Waals surface area contributed by atoms with Crippen LogP contribution in [0.2, 0.25) is 0 Å². The van der Waals surface area contributed by atoms with Gasteiger partial charge < -0.3 is 0 Å². The van der Waals surface area contributed by atoms with Crippen LogP contribution in [0.15, 0.2) is 23.7 Å². The summed E-state index contributed by atoms with van der Waals surface area (Å²) in [5, 5.41) is 1.96. The third kappa shape index (κ3) is 3.05. The van der Waals surface area contributed by atoms with Crippen molar-refractivity contribution in [3.63, 3.8) is 0 Å². The molecular weight excluding hydrogens is 400 g/mol. The number of aryl methyl sites for hydroxylation is 2. The molecule has 0 fully saturated rings. The van der Waals surface area contributed by atoms with E-state index in [0.717, 1.165) is 28.1 Å². The molecule has 6 nitrogen and oxygen atoms in total. The van der Waals surface area contributed by atoms with E-state index in [1.54, 1.807) is 11.3 Å². The van der Waals surface area contributed by atoms with Gasteiger partial charge in [0.05, 0.1) is 15.3 Å². The van der Waals surface area contributed by atoms with E-state index < -0.39 is 0 Å². The molecule has 4 aromatic rings. The predicted octanol–water partition coefficient (Wildman–Crippen LogP) is 4.02. The van der Waals surface area contributed by atoms with Crippen LogP contribution in [0.5, 0.6) is 0 Å². The minimum atomic E-state index is -0.326. The monoisotopic (exact) mass is 416 g/mol. The van der Waals surface area contributed by atoms with E-state index in [2.05, 4.69) is 15.8 Å². The number of hydrazine groups is 1. The molecule has 0 saturated carbocycles. The van der Waals surface area contributed by atoms with E-state index in [1.807, 2.05) is 28.1 Å². The Balaban J connectivity index is 1.28. The zero-order valence-electron chi connectivity index (χ0n) is 14.3. The van der Waals surface area contributed by atoms with Crippen LogP contribution < -0.4 is 10.9 Å². The van der Waals surface area contributed by atoms with Crippen LogP contribution in [0.3, 0.4) is 0 Å². The lowest BCUT2D eigenvalue weighted by molar-refractivity contribution is 0.0851. The van der Waals surface area contributed by atoms with Crippen molar-refractivity contribution in [2.45, 2.75) is 32.1 Å². The predicted molar refractivity (Wildman–Crippen MR) is 109 cm³/mol. The molecule has 5 rings (SSSR count). The van der Waals surface area contributed by atoms with Crippen LogP contribution >= 0.6 is 34.0 Å². The quantitative estimate of drug-likeness (QED) is 0.383. The van der Waals surface area contributed by atoms with Gasteiger partial charge in [-0.15, -0.1) is 34.0 Å². The second-order valence-corrected chi connectivity index (χ2v) is 9.54. The number of fused-ring (bicyclic) bond motifs is 4. The topological polar surface area (TPSA) is 75.5 Å². The van der Waals surface area contributed by atoms with Gasteiger partial charge in [0, 0.05) is 16.5 Å². The van der Waals surface area contributed by atoms with Crippen LogP contribution in [0.1, 0.15) is 49.0 Å². The Bertz CT molecular complexity index is 1140. The van der Waals surface area contributed by atoms with Crippen molar-refractivity contribution in [3.8, 4) is 0 Å². The number of nitrogens with zero attached hydrogens (tertiary/aromatic N) is 2. The molecule has 0 bridgehead atoms. The third-order valence-electron chi connectivity index (χ3n) is 4.72. The molecule has 1 aliphatic carbocycles. The second kappa shape index (κ2) is 6.74. The Labute approximate surface area is 166 Å². The normalized spacial score (nSPS) is 14.2. The Kier molecular flexibility index (Phi) is 4.22. The minimum Gasteiger partial charge on any atom is -0.289 e. The van der Waals surface area contributed by atoms with Crippen molar-refractivity contribution in [2.75, 3.05) is 0 Å². The summed E-state index contributed by atoms with van der Waals surface area (Å²) in [5.41, 5.74) is 7.27. The number of hydrogen-bond donors (Lipinski definition) is 2. The zero-order chi connectivity index (χ0) is 18.4. The minimum absolute atomic E-state index is 0.260. The number of amides is 2. The fourth-order valence-electron chi connectivity index (χ4n) is 3.38. The van der Waals surface area contributed by atoms with Crippen LogP contribution in [-0.2, 0) is 12.8 Å². The first-order chi connectivity index (χ1) is 13.2. The van der Waals surface area contributed by atoms with Crippen molar-refractivity contribution in [1.29, 1.82) is 0 Å². The van der Waals surface area contributed by atoms with E-state index >= 15 is 0 Å². The van der Waals surface area contributed by atoms with Crippen molar-refractivity contribution in [2.24, 2.45) is 0 Å². The van der Waals surface area contributed by atoms with Gasteiger partial charge in [-0.05, 0) is 43.4 Å². The molecule has 0 atom stereocenters. The molecule has 4 heterocycles. The van der Waals surface area contributed by atoms with E-state index in [0.29, 0.717) is 9.75 Å². The molecule has 2 amide bonds. The first-order valence-electron chi connectivity index (χ1n) is 8.76. The highest BCUT2D eigenvalue weighted by Crippen LogP contribution is 2.29. The summed E-state index contributed by atoms with van der Waals surface area (Å²) in [6.07, 6.45) is 7.64. The first kappa shape index (κ1) is 16.9. The molecule has 0 aliphatic heterocycles. The summed E-state index contributed by atoms with van der Waals surface area (Å²) in [6, 6.07) is 3.78. The summed E-state index contributed by atoms with van der Waals surface area (Å²) >= 11 is 4.42. The van der Waals surface area contributed by atoms with Crippen molar-refractivity contribution >= 4 is 61.1 Å². The molecule has 9 heteroatoms. The summed E-state index contributed by atoms with van der Waals surface area (Å²) in [6.45, 7) is 0. The van der Waals surface area contributed by atoms with E-state index in [1.165, 1.54) is 52.4 Å². The van der Waals surface area contributed by atoms with E-state index in [4.69, 9.17) is 0 Å². The van der Waals surface area contributed by atoms with Gasteiger partial charge in [0.15, 0.2) is 4.96 Å². The highest BCUT2D eigenvalue weighted by molar-refractivity contribution is 7.21. The summed E-state index contributed by atoms with van der Waals surface area (Å²) in [5.74, 6) is -0.585. The third-order valence-corrected chi connectivity index (χ3v) is 7.73. The number of carbonyl (C=O) groups excluding carboxylic acids is 2. The van der Waals surface area contributed by atoms with Gasteiger partial charge in [-0.3, -0.25) is 24.8 Å². The summed E-state index contributed by atoms with van der Waals surface area (Å²) in [7, 11) is 0. The molecule has 0 spiro atoms. The number of aromatic nitrogens is 2. The maximum absolute atomic E-state index is 12.4.